The average molecular weight is 249 g/mol. The largest absolute Gasteiger partial charge is 0.461 e. The van der Waals surface area contributed by atoms with Gasteiger partial charge in [-0.1, -0.05) is 26.7 Å². The van der Waals surface area contributed by atoms with E-state index in [4.69, 9.17) is 4.42 Å². The lowest BCUT2D eigenvalue weighted by Crippen LogP contribution is -2.39. The molecule has 0 radical (unpaired) electrons. The molecule has 1 aromatic rings. The Morgan fingerprint density at radius 2 is 2.17 bits per heavy atom. The van der Waals surface area contributed by atoms with Crippen molar-refractivity contribution in [1.29, 1.82) is 0 Å². The van der Waals surface area contributed by atoms with E-state index in [0.717, 1.165) is 6.54 Å². The lowest BCUT2D eigenvalue weighted by atomic mass is 10.1. The second-order valence-corrected chi connectivity index (χ2v) is 5.66. The Labute approximate surface area is 109 Å². The van der Waals surface area contributed by atoms with Gasteiger partial charge in [0.15, 0.2) is 5.76 Å². The molecular formula is C15H23NO2. The van der Waals surface area contributed by atoms with Crippen molar-refractivity contribution in [2.24, 2.45) is 5.92 Å². The fourth-order valence-electron chi connectivity index (χ4n) is 2.78. The highest BCUT2D eigenvalue weighted by molar-refractivity contribution is 5.95. The van der Waals surface area contributed by atoms with Crippen molar-refractivity contribution in [1.82, 2.24) is 4.90 Å². The van der Waals surface area contributed by atoms with Gasteiger partial charge in [-0.05, 0) is 30.9 Å². The minimum atomic E-state index is 0.104. The molecular weight excluding hydrogens is 226 g/mol. The third-order valence-electron chi connectivity index (χ3n) is 3.58. The molecule has 0 unspecified atom stereocenters. The number of furan rings is 1. The number of rotatable bonds is 6. The fourth-order valence-corrected chi connectivity index (χ4v) is 2.78. The lowest BCUT2D eigenvalue weighted by molar-refractivity contribution is 0.0849. The van der Waals surface area contributed by atoms with Gasteiger partial charge in [0.1, 0.15) is 0 Å². The third-order valence-corrected chi connectivity index (χ3v) is 3.58. The maximum atomic E-state index is 12.1. The second-order valence-electron chi connectivity index (χ2n) is 5.66. The van der Waals surface area contributed by atoms with Crippen LogP contribution in [0.3, 0.4) is 0 Å². The Morgan fingerprint density at radius 1 is 1.44 bits per heavy atom. The minimum Gasteiger partial charge on any atom is -0.461 e. The van der Waals surface area contributed by atoms with Crippen LogP contribution in [0, 0.1) is 5.92 Å². The standard InChI is InChI=1S/C15H23NO2/c1-12(2)10-16(13-6-3-4-7-13)11-14(17)15-8-5-9-18-15/h5,8-9,12-13H,3-4,6-7,10-11H2,1-2H3. The Balaban J connectivity index is 1.98. The van der Waals surface area contributed by atoms with E-state index in [-0.39, 0.29) is 5.78 Å². The smallest absolute Gasteiger partial charge is 0.211 e. The quantitative estimate of drug-likeness (QED) is 0.725. The summed E-state index contributed by atoms with van der Waals surface area (Å²) in [5.41, 5.74) is 0. The number of ketones is 1. The average Bonchev–Trinajstić information content (AvgIpc) is 3.01. The van der Waals surface area contributed by atoms with E-state index in [0.29, 0.717) is 24.3 Å². The molecule has 1 saturated carbocycles. The van der Waals surface area contributed by atoms with Gasteiger partial charge in [0, 0.05) is 12.6 Å². The third kappa shape index (κ3) is 3.45. The molecule has 0 aromatic carbocycles. The van der Waals surface area contributed by atoms with Crippen LogP contribution in [0.25, 0.3) is 0 Å². The van der Waals surface area contributed by atoms with Crippen LogP contribution in [-0.4, -0.2) is 29.8 Å². The first kappa shape index (κ1) is 13.3. The van der Waals surface area contributed by atoms with Crippen molar-refractivity contribution in [2.75, 3.05) is 13.1 Å². The molecule has 0 N–H and O–H groups in total. The van der Waals surface area contributed by atoms with E-state index in [2.05, 4.69) is 18.7 Å². The number of carbonyl (C=O) groups is 1. The number of Topliss-reactive ketones (excluding diaryl/α,β-unsaturated/α-hetero) is 1. The molecule has 2 rings (SSSR count). The maximum Gasteiger partial charge on any atom is 0.211 e. The van der Waals surface area contributed by atoms with E-state index in [1.54, 1.807) is 18.4 Å². The van der Waals surface area contributed by atoms with E-state index in [1.807, 2.05) is 0 Å². The molecule has 0 aliphatic heterocycles. The van der Waals surface area contributed by atoms with E-state index in [1.165, 1.54) is 25.7 Å². The first-order valence-corrected chi connectivity index (χ1v) is 6.97. The van der Waals surface area contributed by atoms with Crippen LogP contribution >= 0.6 is 0 Å². The van der Waals surface area contributed by atoms with Gasteiger partial charge >= 0.3 is 0 Å². The van der Waals surface area contributed by atoms with Crippen molar-refractivity contribution in [3.63, 3.8) is 0 Å². The Morgan fingerprint density at radius 3 is 2.72 bits per heavy atom. The summed E-state index contributed by atoms with van der Waals surface area (Å²) in [5.74, 6) is 1.18. The zero-order valence-electron chi connectivity index (χ0n) is 11.4. The van der Waals surface area contributed by atoms with Crippen LogP contribution in [0.4, 0.5) is 0 Å². The van der Waals surface area contributed by atoms with Crippen molar-refractivity contribution < 1.29 is 9.21 Å². The van der Waals surface area contributed by atoms with Crippen molar-refractivity contribution in [2.45, 2.75) is 45.6 Å². The van der Waals surface area contributed by atoms with E-state index >= 15 is 0 Å². The molecule has 0 spiro atoms. The van der Waals surface area contributed by atoms with Gasteiger partial charge in [-0.25, -0.2) is 0 Å². The van der Waals surface area contributed by atoms with Gasteiger partial charge in [-0.15, -0.1) is 0 Å². The SMILES string of the molecule is CC(C)CN(CC(=O)c1ccco1)C1CCCC1. The molecule has 3 heteroatoms. The van der Waals surface area contributed by atoms with Crippen molar-refractivity contribution in [3.8, 4) is 0 Å². The number of hydrogen-bond acceptors (Lipinski definition) is 3. The van der Waals surface area contributed by atoms with Crippen LogP contribution in [-0.2, 0) is 0 Å². The van der Waals surface area contributed by atoms with Gasteiger partial charge in [-0.3, -0.25) is 9.69 Å². The predicted molar refractivity (Wildman–Crippen MR) is 71.7 cm³/mol. The van der Waals surface area contributed by atoms with Crippen LogP contribution in [0.1, 0.15) is 50.1 Å². The molecule has 1 aromatic heterocycles. The van der Waals surface area contributed by atoms with Crippen LogP contribution < -0.4 is 0 Å². The minimum absolute atomic E-state index is 0.104. The molecule has 1 heterocycles. The summed E-state index contributed by atoms with van der Waals surface area (Å²) in [6, 6.07) is 4.12. The summed E-state index contributed by atoms with van der Waals surface area (Å²) in [6.07, 6.45) is 6.63. The molecule has 0 bridgehead atoms. The number of hydrogen-bond donors (Lipinski definition) is 0. The van der Waals surface area contributed by atoms with Crippen LogP contribution in [0.15, 0.2) is 22.8 Å². The highest BCUT2D eigenvalue weighted by atomic mass is 16.3. The summed E-state index contributed by atoms with van der Waals surface area (Å²) in [7, 11) is 0. The Bertz CT molecular complexity index is 364. The Kier molecular flexibility index (Phi) is 4.59. The monoisotopic (exact) mass is 249 g/mol. The Hall–Kier alpha value is -1.09. The fraction of sp³-hybridized carbons (Fsp3) is 0.667. The van der Waals surface area contributed by atoms with Gasteiger partial charge in [0.2, 0.25) is 5.78 Å². The molecule has 1 aliphatic carbocycles. The van der Waals surface area contributed by atoms with Gasteiger partial charge in [-0.2, -0.15) is 0 Å². The molecule has 100 valence electrons. The van der Waals surface area contributed by atoms with Crippen molar-refractivity contribution in [3.05, 3.63) is 24.2 Å². The second kappa shape index (κ2) is 6.19. The summed E-state index contributed by atoms with van der Waals surface area (Å²) in [6.45, 7) is 5.91. The first-order valence-electron chi connectivity index (χ1n) is 6.97. The molecule has 1 fully saturated rings. The summed E-state index contributed by atoms with van der Waals surface area (Å²) in [5, 5.41) is 0. The lowest BCUT2D eigenvalue weighted by Gasteiger charge is -2.29. The van der Waals surface area contributed by atoms with Gasteiger partial charge in [0.25, 0.3) is 0 Å². The highest BCUT2D eigenvalue weighted by Gasteiger charge is 2.25. The highest BCUT2D eigenvalue weighted by Crippen LogP contribution is 2.24. The maximum absolute atomic E-state index is 12.1. The van der Waals surface area contributed by atoms with Crippen molar-refractivity contribution >= 4 is 5.78 Å². The van der Waals surface area contributed by atoms with Crippen LogP contribution in [0.5, 0.6) is 0 Å². The predicted octanol–water partition coefficient (Wildman–Crippen LogP) is 3.36. The van der Waals surface area contributed by atoms with E-state index < -0.39 is 0 Å². The van der Waals surface area contributed by atoms with Gasteiger partial charge < -0.3 is 4.42 Å². The molecule has 0 atom stereocenters. The zero-order chi connectivity index (χ0) is 13.0. The molecule has 0 amide bonds. The molecule has 0 saturated heterocycles. The molecule has 1 aliphatic rings. The summed E-state index contributed by atoms with van der Waals surface area (Å²) >= 11 is 0. The normalized spacial score (nSPS) is 16.9. The number of nitrogens with zero attached hydrogens (tertiary/aromatic N) is 1. The zero-order valence-corrected chi connectivity index (χ0v) is 11.4. The first-order chi connectivity index (χ1) is 8.66. The number of carbonyl (C=O) groups excluding carboxylic acids is 1. The topological polar surface area (TPSA) is 33.5 Å². The van der Waals surface area contributed by atoms with Crippen LogP contribution in [0.2, 0.25) is 0 Å². The summed E-state index contributed by atoms with van der Waals surface area (Å²) < 4.78 is 5.19. The molecule has 18 heavy (non-hydrogen) atoms. The van der Waals surface area contributed by atoms with E-state index in [9.17, 15) is 4.79 Å². The molecule has 3 nitrogen and oxygen atoms in total. The summed E-state index contributed by atoms with van der Waals surface area (Å²) in [4.78, 5) is 14.5. The van der Waals surface area contributed by atoms with Gasteiger partial charge in [0.05, 0.1) is 12.8 Å².